The van der Waals surface area contributed by atoms with Crippen LogP contribution in [0, 0.1) is 0 Å². The van der Waals surface area contributed by atoms with Crippen LogP contribution in [0.3, 0.4) is 0 Å². The summed E-state index contributed by atoms with van der Waals surface area (Å²) in [5.74, 6) is 0.371. The molecule has 1 N–H and O–H groups in total. The molecule has 1 aliphatic heterocycles. The average Bonchev–Trinajstić information content (AvgIpc) is 2.82. The summed E-state index contributed by atoms with van der Waals surface area (Å²) in [6.07, 6.45) is -4.43. The van der Waals surface area contributed by atoms with Crippen LogP contribution in [0.1, 0.15) is 16.8 Å². The van der Waals surface area contributed by atoms with E-state index in [-0.39, 0.29) is 17.9 Å². The van der Waals surface area contributed by atoms with Gasteiger partial charge in [0.25, 0.3) is 5.56 Å². The van der Waals surface area contributed by atoms with Gasteiger partial charge in [-0.1, -0.05) is 41.6 Å². The Kier molecular flexibility index (Phi) is 7.71. The molecule has 1 fully saturated rings. The van der Waals surface area contributed by atoms with E-state index in [9.17, 15) is 22.8 Å². The van der Waals surface area contributed by atoms with Gasteiger partial charge < -0.3 is 14.8 Å². The Bertz CT molecular complexity index is 1260. The third-order valence-corrected chi connectivity index (χ3v) is 6.72. The average molecular weight is 523 g/mol. The minimum absolute atomic E-state index is 0.0296. The zero-order valence-corrected chi connectivity index (χ0v) is 20.1. The van der Waals surface area contributed by atoms with E-state index in [1.807, 2.05) is 23.1 Å². The first-order chi connectivity index (χ1) is 16.7. The lowest BCUT2D eigenvalue weighted by atomic mass is 10.1. The largest absolute Gasteiger partial charge is 0.416 e. The van der Waals surface area contributed by atoms with Gasteiger partial charge >= 0.3 is 6.18 Å². The molecule has 6 nitrogen and oxygen atoms in total. The zero-order valence-electron chi connectivity index (χ0n) is 18.5. The van der Waals surface area contributed by atoms with E-state index in [2.05, 4.69) is 9.97 Å². The Labute approximate surface area is 209 Å². The van der Waals surface area contributed by atoms with Crippen molar-refractivity contribution in [1.82, 2.24) is 14.9 Å². The summed E-state index contributed by atoms with van der Waals surface area (Å²) in [6, 6.07) is 13.9. The Hall–Kier alpha value is -2.98. The molecule has 1 saturated heterocycles. The molecule has 4 rings (SSSR count). The summed E-state index contributed by atoms with van der Waals surface area (Å²) >= 11 is 7.34. The van der Waals surface area contributed by atoms with Gasteiger partial charge in [0.05, 0.1) is 17.7 Å². The van der Waals surface area contributed by atoms with Crippen LogP contribution in [-0.2, 0) is 23.1 Å². The van der Waals surface area contributed by atoms with Crippen molar-refractivity contribution < 1.29 is 18.0 Å². The van der Waals surface area contributed by atoms with Crippen molar-refractivity contribution >= 4 is 35.0 Å². The molecule has 1 aliphatic rings. The van der Waals surface area contributed by atoms with Crippen molar-refractivity contribution in [2.45, 2.75) is 23.5 Å². The van der Waals surface area contributed by atoms with Crippen LogP contribution in [-0.4, -0.2) is 47.0 Å². The molecule has 0 spiro atoms. The number of halogens is 4. The summed E-state index contributed by atoms with van der Waals surface area (Å²) < 4.78 is 39.0. The van der Waals surface area contributed by atoms with Crippen molar-refractivity contribution in [3.8, 4) is 0 Å². The van der Waals surface area contributed by atoms with E-state index in [1.54, 1.807) is 17.0 Å². The summed E-state index contributed by atoms with van der Waals surface area (Å²) in [5, 5.41) is 1.03. The highest BCUT2D eigenvalue weighted by Crippen LogP contribution is 2.32. The van der Waals surface area contributed by atoms with Crippen molar-refractivity contribution in [2.75, 3.05) is 31.1 Å². The van der Waals surface area contributed by atoms with Gasteiger partial charge in [-0.15, -0.1) is 0 Å². The van der Waals surface area contributed by atoms with Gasteiger partial charge in [0, 0.05) is 48.7 Å². The van der Waals surface area contributed by atoms with Gasteiger partial charge in [-0.25, -0.2) is 4.98 Å². The van der Waals surface area contributed by atoms with E-state index in [0.717, 1.165) is 17.7 Å². The van der Waals surface area contributed by atoms with Gasteiger partial charge in [0.2, 0.25) is 5.91 Å². The maximum Gasteiger partial charge on any atom is 0.416 e. The zero-order chi connectivity index (χ0) is 25.0. The molecular weight excluding hydrogens is 501 g/mol. The highest BCUT2D eigenvalue weighted by molar-refractivity contribution is 7.98. The first kappa shape index (κ1) is 25.1. The van der Waals surface area contributed by atoms with Crippen molar-refractivity contribution in [2.24, 2.45) is 0 Å². The first-order valence-corrected chi connectivity index (χ1v) is 12.2. The number of piperazine rings is 1. The van der Waals surface area contributed by atoms with Crippen LogP contribution in [0.15, 0.2) is 64.5 Å². The van der Waals surface area contributed by atoms with Crippen molar-refractivity contribution in [1.29, 1.82) is 0 Å². The molecule has 0 atom stereocenters. The van der Waals surface area contributed by atoms with Gasteiger partial charge in [0.1, 0.15) is 0 Å². The molecule has 0 radical (unpaired) electrons. The Morgan fingerprint density at radius 1 is 1.06 bits per heavy atom. The molecule has 184 valence electrons. The molecule has 0 saturated carbocycles. The highest BCUT2D eigenvalue weighted by Gasteiger charge is 2.31. The van der Waals surface area contributed by atoms with Crippen LogP contribution in [0.25, 0.3) is 0 Å². The molecule has 35 heavy (non-hydrogen) atoms. The van der Waals surface area contributed by atoms with Crippen LogP contribution < -0.4 is 10.5 Å². The third-order valence-electron chi connectivity index (χ3n) is 5.54. The fourth-order valence-corrected chi connectivity index (χ4v) is 4.83. The number of nitrogens with zero attached hydrogens (tertiary/aromatic N) is 3. The number of carbonyl (C=O) groups is 1. The molecule has 0 bridgehead atoms. The minimum atomic E-state index is -4.40. The predicted octanol–water partition coefficient (Wildman–Crippen LogP) is 4.63. The normalized spacial score (nSPS) is 14.3. The number of aromatic amines is 1. The number of aromatic nitrogens is 2. The van der Waals surface area contributed by atoms with E-state index < -0.39 is 11.7 Å². The van der Waals surface area contributed by atoms with Crippen LogP contribution in [0.5, 0.6) is 0 Å². The number of rotatable bonds is 6. The number of hydrogen-bond acceptors (Lipinski definition) is 5. The molecule has 2 aromatic carbocycles. The number of carbonyl (C=O) groups excluding carboxylic acids is 1. The molecule has 0 unspecified atom stereocenters. The summed E-state index contributed by atoms with van der Waals surface area (Å²) in [5.41, 5.74) is 0.783. The number of hydrogen-bond donors (Lipinski definition) is 1. The second-order valence-corrected chi connectivity index (χ2v) is 9.45. The maximum absolute atomic E-state index is 13.0. The van der Waals surface area contributed by atoms with Crippen LogP contribution in [0.2, 0.25) is 5.02 Å². The highest BCUT2D eigenvalue weighted by atomic mass is 35.5. The van der Waals surface area contributed by atoms with Gasteiger partial charge in [-0.05, 0) is 35.9 Å². The maximum atomic E-state index is 13.0. The number of H-pyrrole nitrogens is 1. The number of anilines is 1. The lowest BCUT2D eigenvalue weighted by molar-refractivity contribution is -0.137. The topological polar surface area (TPSA) is 69.3 Å². The van der Waals surface area contributed by atoms with Crippen LogP contribution >= 0.6 is 23.4 Å². The quantitative estimate of drug-likeness (QED) is 0.378. The fraction of sp³-hybridized carbons (Fsp3) is 0.292. The predicted molar refractivity (Wildman–Crippen MR) is 130 cm³/mol. The standard InChI is InChI=1S/C24H22ClF3N4O2S/c25-18-5-1-3-16(11-18)15-35-23-29-19(13-21(33)30-23)14-22(34)32-9-7-31(8-10-32)20-6-2-4-17(12-20)24(26,27)28/h1-6,11-13H,7-10,14-15H2,(H,29,30,33). The second-order valence-electron chi connectivity index (χ2n) is 8.05. The van der Waals surface area contributed by atoms with Gasteiger partial charge in [-0.3, -0.25) is 9.59 Å². The Balaban J connectivity index is 1.34. The number of benzene rings is 2. The SMILES string of the molecule is O=C(Cc1cc(=O)[nH]c(SCc2cccc(Cl)c2)n1)N1CCN(c2cccc(C(F)(F)F)c2)CC1. The minimum Gasteiger partial charge on any atom is -0.368 e. The summed E-state index contributed by atoms with van der Waals surface area (Å²) in [6.45, 7) is 1.57. The smallest absolute Gasteiger partial charge is 0.368 e. The Morgan fingerprint density at radius 3 is 2.51 bits per heavy atom. The number of thioether (sulfide) groups is 1. The molecule has 2 heterocycles. The molecule has 1 amide bonds. The molecule has 0 aliphatic carbocycles. The van der Waals surface area contributed by atoms with E-state index in [1.165, 1.54) is 23.9 Å². The summed E-state index contributed by atoms with van der Waals surface area (Å²) in [4.78, 5) is 35.5. The molecular formula is C24H22ClF3N4O2S. The van der Waals surface area contributed by atoms with Crippen molar-refractivity contribution in [3.05, 3.63) is 86.8 Å². The lowest BCUT2D eigenvalue weighted by Crippen LogP contribution is -2.49. The second kappa shape index (κ2) is 10.7. The monoisotopic (exact) mass is 522 g/mol. The summed E-state index contributed by atoms with van der Waals surface area (Å²) in [7, 11) is 0. The fourth-order valence-electron chi connectivity index (χ4n) is 3.78. The number of amides is 1. The van der Waals surface area contributed by atoms with E-state index in [4.69, 9.17) is 11.6 Å². The Morgan fingerprint density at radius 2 is 1.80 bits per heavy atom. The molecule has 11 heteroatoms. The van der Waals surface area contributed by atoms with Gasteiger partial charge in [-0.2, -0.15) is 13.2 Å². The molecule has 3 aromatic rings. The lowest BCUT2D eigenvalue weighted by Gasteiger charge is -2.36. The molecule has 1 aromatic heterocycles. The van der Waals surface area contributed by atoms with Crippen LogP contribution in [0.4, 0.5) is 18.9 Å². The van der Waals surface area contributed by atoms with E-state index in [0.29, 0.717) is 53.5 Å². The third kappa shape index (κ3) is 6.79. The number of nitrogens with one attached hydrogen (secondary N) is 1. The van der Waals surface area contributed by atoms with Crippen molar-refractivity contribution in [3.63, 3.8) is 0 Å². The number of alkyl halides is 3. The van der Waals surface area contributed by atoms with Gasteiger partial charge in [0.15, 0.2) is 5.16 Å². The van der Waals surface area contributed by atoms with E-state index >= 15 is 0 Å². The first-order valence-electron chi connectivity index (χ1n) is 10.8.